The Labute approximate surface area is 126 Å². The molecule has 3 rings (SSSR count). The van der Waals surface area contributed by atoms with Gasteiger partial charge in [-0.2, -0.15) is 0 Å². The quantitative estimate of drug-likeness (QED) is 0.852. The van der Waals surface area contributed by atoms with Crippen LogP contribution in [0.1, 0.15) is 44.0 Å². The molecule has 0 saturated heterocycles. The van der Waals surface area contributed by atoms with E-state index < -0.39 is 0 Å². The number of benzene rings is 1. The van der Waals surface area contributed by atoms with Gasteiger partial charge in [-0.1, -0.05) is 29.3 Å². The molecular formula is C15H19BrN2S. The van der Waals surface area contributed by atoms with Gasteiger partial charge in [0.1, 0.15) is 5.01 Å². The van der Waals surface area contributed by atoms with Gasteiger partial charge in [-0.25, -0.2) is 4.98 Å². The first-order valence-electron chi connectivity index (χ1n) is 6.96. The molecule has 0 spiro atoms. The van der Waals surface area contributed by atoms with Gasteiger partial charge in [0.05, 0.1) is 15.8 Å². The molecule has 2 N–H and O–H groups in total. The molecule has 1 fully saturated rings. The maximum Gasteiger partial charge on any atom is 0.114 e. The highest BCUT2D eigenvalue weighted by Crippen LogP contribution is 2.41. The molecule has 1 aliphatic rings. The summed E-state index contributed by atoms with van der Waals surface area (Å²) in [6, 6.07) is 6.25. The molecule has 102 valence electrons. The molecule has 0 amide bonds. The second kappa shape index (κ2) is 5.15. The number of hydrogen-bond acceptors (Lipinski definition) is 3. The number of rotatable bonds is 2. The molecule has 2 aromatic rings. The van der Waals surface area contributed by atoms with Crippen molar-refractivity contribution in [3.05, 3.63) is 27.7 Å². The number of fused-ring (bicyclic) bond motifs is 1. The minimum absolute atomic E-state index is 0.193. The van der Waals surface area contributed by atoms with Gasteiger partial charge in [0, 0.05) is 4.47 Å². The van der Waals surface area contributed by atoms with Gasteiger partial charge >= 0.3 is 0 Å². The summed E-state index contributed by atoms with van der Waals surface area (Å²) in [5.74, 6) is 0.861. The third-order valence-corrected chi connectivity index (χ3v) is 6.08. The number of hydrogen-bond donors (Lipinski definition) is 1. The number of aromatic nitrogens is 1. The monoisotopic (exact) mass is 338 g/mol. The first kappa shape index (κ1) is 13.5. The fraction of sp³-hybridized carbons (Fsp3) is 0.533. The summed E-state index contributed by atoms with van der Waals surface area (Å²) in [6.07, 6.45) is 5.92. The SMILES string of the molecule is CCC1CCC(N)(c2nc3ccc(Br)cc3s2)CC1. The highest BCUT2D eigenvalue weighted by atomic mass is 79.9. The lowest BCUT2D eigenvalue weighted by Gasteiger charge is -2.35. The summed E-state index contributed by atoms with van der Waals surface area (Å²) in [5, 5.41) is 1.12. The van der Waals surface area contributed by atoms with Gasteiger partial charge in [-0.15, -0.1) is 11.3 Å². The van der Waals surface area contributed by atoms with Gasteiger partial charge in [0.25, 0.3) is 0 Å². The standard InChI is InChI=1S/C15H19BrN2S/c1-2-10-5-7-15(17,8-6-10)14-18-12-4-3-11(16)9-13(12)19-14/h3-4,9-10H,2,5-8,17H2,1H3. The Kier molecular flexibility index (Phi) is 3.67. The van der Waals surface area contributed by atoms with Crippen molar-refractivity contribution < 1.29 is 0 Å². The lowest BCUT2D eigenvalue weighted by atomic mass is 9.76. The Morgan fingerprint density at radius 3 is 2.84 bits per heavy atom. The van der Waals surface area contributed by atoms with Crippen molar-refractivity contribution in [2.75, 3.05) is 0 Å². The van der Waals surface area contributed by atoms with Gasteiger partial charge < -0.3 is 5.73 Å². The molecule has 2 nitrogen and oxygen atoms in total. The Balaban J connectivity index is 1.91. The van der Waals surface area contributed by atoms with Crippen LogP contribution in [0.2, 0.25) is 0 Å². The largest absolute Gasteiger partial charge is 0.319 e. The Bertz CT molecular complexity index is 585. The van der Waals surface area contributed by atoms with E-state index in [0.29, 0.717) is 0 Å². The van der Waals surface area contributed by atoms with Crippen LogP contribution >= 0.6 is 27.3 Å². The molecule has 1 aromatic carbocycles. The zero-order chi connectivity index (χ0) is 13.5. The van der Waals surface area contributed by atoms with Crippen LogP contribution in [0.15, 0.2) is 22.7 Å². The summed E-state index contributed by atoms with van der Waals surface area (Å²) in [7, 11) is 0. The third kappa shape index (κ3) is 2.58. The topological polar surface area (TPSA) is 38.9 Å². The van der Waals surface area contributed by atoms with Crippen LogP contribution in [0.4, 0.5) is 0 Å². The molecule has 0 aliphatic heterocycles. The Hall–Kier alpha value is -0.450. The van der Waals surface area contributed by atoms with Crippen molar-refractivity contribution in [2.24, 2.45) is 11.7 Å². The molecule has 1 aromatic heterocycles. The maximum absolute atomic E-state index is 6.64. The second-order valence-corrected chi connectivity index (χ2v) is 7.59. The van der Waals surface area contributed by atoms with E-state index in [2.05, 4.69) is 35.0 Å². The first-order valence-corrected chi connectivity index (χ1v) is 8.57. The van der Waals surface area contributed by atoms with Crippen LogP contribution in [0.3, 0.4) is 0 Å². The summed E-state index contributed by atoms with van der Waals surface area (Å²) >= 11 is 5.28. The summed E-state index contributed by atoms with van der Waals surface area (Å²) in [4.78, 5) is 4.77. The molecule has 0 atom stereocenters. The fourth-order valence-corrected chi connectivity index (χ4v) is 4.60. The molecule has 1 heterocycles. The predicted molar refractivity (Wildman–Crippen MR) is 85.4 cm³/mol. The van der Waals surface area contributed by atoms with Gasteiger partial charge in [-0.3, -0.25) is 0 Å². The average molecular weight is 339 g/mol. The minimum atomic E-state index is -0.193. The molecule has 4 heteroatoms. The van der Waals surface area contributed by atoms with Gasteiger partial charge in [-0.05, 0) is 49.8 Å². The molecule has 0 bridgehead atoms. The third-order valence-electron chi connectivity index (χ3n) is 4.35. The fourth-order valence-electron chi connectivity index (χ4n) is 2.93. The van der Waals surface area contributed by atoms with Gasteiger partial charge in [0.2, 0.25) is 0 Å². The lowest BCUT2D eigenvalue weighted by Crippen LogP contribution is -2.40. The van der Waals surface area contributed by atoms with Crippen LogP contribution in [-0.2, 0) is 5.54 Å². The number of nitrogens with two attached hydrogens (primary N) is 1. The smallest absolute Gasteiger partial charge is 0.114 e. The van der Waals surface area contributed by atoms with E-state index in [1.54, 1.807) is 11.3 Å². The van der Waals surface area contributed by atoms with Crippen LogP contribution in [0.25, 0.3) is 10.2 Å². The van der Waals surface area contributed by atoms with Gasteiger partial charge in [0.15, 0.2) is 0 Å². The summed E-state index contributed by atoms with van der Waals surface area (Å²) < 4.78 is 2.34. The number of nitrogens with zero attached hydrogens (tertiary/aromatic N) is 1. The number of thiazole rings is 1. The molecule has 1 aliphatic carbocycles. The Morgan fingerprint density at radius 2 is 2.16 bits per heavy atom. The summed E-state index contributed by atoms with van der Waals surface area (Å²) in [5.41, 5.74) is 7.52. The molecule has 1 saturated carbocycles. The highest BCUT2D eigenvalue weighted by Gasteiger charge is 2.35. The van der Waals surface area contributed by atoms with E-state index in [1.807, 2.05) is 6.07 Å². The van der Waals surface area contributed by atoms with E-state index >= 15 is 0 Å². The maximum atomic E-state index is 6.64. The zero-order valence-corrected chi connectivity index (χ0v) is 13.6. The van der Waals surface area contributed by atoms with Crippen molar-refractivity contribution in [3.8, 4) is 0 Å². The average Bonchev–Trinajstić information content (AvgIpc) is 2.83. The van der Waals surface area contributed by atoms with Crippen LogP contribution in [0, 0.1) is 5.92 Å². The van der Waals surface area contributed by atoms with Crippen LogP contribution in [-0.4, -0.2) is 4.98 Å². The van der Waals surface area contributed by atoms with E-state index in [4.69, 9.17) is 10.7 Å². The minimum Gasteiger partial charge on any atom is -0.319 e. The molecule has 0 radical (unpaired) electrons. The van der Waals surface area contributed by atoms with E-state index in [-0.39, 0.29) is 5.54 Å². The van der Waals surface area contributed by atoms with E-state index in [9.17, 15) is 0 Å². The van der Waals surface area contributed by atoms with Crippen molar-refractivity contribution in [1.29, 1.82) is 0 Å². The normalized spacial score (nSPS) is 27.8. The van der Waals surface area contributed by atoms with Crippen LogP contribution in [0.5, 0.6) is 0 Å². The molecule has 0 unspecified atom stereocenters. The van der Waals surface area contributed by atoms with Crippen molar-refractivity contribution >= 4 is 37.5 Å². The highest BCUT2D eigenvalue weighted by molar-refractivity contribution is 9.10. The van der Waals surface area contributed by atoms with E-state index in [1.165, 1.54) is 24.0 Å². The van der Waals surface area contributed by atoms with Crippen molar-refractivity contribution in [1.82, 2.24) is 4.98 Å². The molecular weight excluding hydrogens is 320 g/mol. The predicted octanol–water partition coefficient (Wildman–Crippen LogP) is 4.81. The summed E-state index contributed by atoms with van der Waals surface area (Å²) in [6.45, 7) is 2.28. The van der Waals surface area contributed by atoms with Crippen molar-refractivity contribution in [2.45, 2.75) is 44.6 Å². The van der Waals surface area contributed by atoms with Crippen LogP contribution < -0.4 is 5.73 Å². The second-order valence-electron chi connectivity index (χ2n) is 5.64. The Morgan fingerprint density at radius 1 is 1.42 bits per heavy atom. The molecule has 19 heavy (non-hydrogen) atoms. The van der Waals surface area contributed by atoms with E-state index in [0.717, 1.165) is 33.8 Å². The first-order chi connectivity index (χ1) is 9.10. The number of halogens is 1. The van der Waals surface area contributed by atoms with Crippen molar-refractivity contribution in [3.63, 3.8) is 0 Å². The lowest BCUT2D eigenvalue weighted by molar-refractivity contribution is 0.231. The zero-order valence-electron chi connectivity index (χ0n) is 11.2.